The van der Waals surface area contributed by atoms with Gasteiger partial charge in [-0.05, 0) is 61.5 Å². The van der Waals surface area contributed by atoms with Crippen molar-refractivity contribution in [2.24, 2.45) is 0 Å². The number of aromatic nitrogens is 2. The number of nitrogens with zero attached hydrogens (tertiary/aromatic N) is 2. The molecule has 1 aromatic heterocycles. The molecule has 0 aliphatic rings. The van der Waals surface area contributed by atoms with E-state index in [1.807, 2.05) is 31.2 Å². The smallest absolute Gasteiger partial charge is 0.274 e. The van der Waals surface area contributed by atoms with Gasteiger partial charge in [-0.3, -0.25) is 4.79 Å². The number of rotatable bonds is 4. The maximum Gasteiger partial charge on any atom is 0.274 e. The SMILES string of the molecule is Cc1ccc(-n2nc(-c3ccccc3F)cc2C(=O)Nc2ccc(F)cc2)cc1. The van der Waals surface area contributed by atoms with Gasteiger partial charge in [-0.1, -0.05) is 29.8 Å². The van der Waals surface area contributed by atoms with Crippen LogP contribution in [0.5, 0.6) is 0 Å². The summed E-state index contributed by atoms with van der Waals surface area (Å²) in [7, 11) is 0. The average Bonchev–Trinajstić information content (AvgIpc) is 3.16. The highest BCUT2D eigenvalue weighted by Gasteiger charge is 2.19. The van der Waals surface area contributed by atoms with Crippen LogP contribution in [0.1, 0.15) is 16.1 Å². The maximum atomic E-state index is 14.3. The lowest BCUT2D eigenvalue weighted by molar-refractivity contribution is 0.101. The van der Waals surface area contributed by atoms with Crippen LogP contribution in [0.15, 0.2) is 78.9 Å². The molecule has 0 saturated heterocycles. The Labute approximate surface area is 166 Å². The molecule has 4 nitrogen and oxygen atoms in total. The Balaban J connectivity index is 1.78. The summed E-state index contributed by atoms with van der Waals surface area (Å²) in [5.74, 6) is -1.26. The van der Waals surface area contributed by atoms with Crippen LogP contribution in [0.4, 0.5) is 14.5 Å². The van der Waals surface area contributed by atoms with Crippen LogP contribution >= 0.6 is 0 Å². The lowest BCUT2D eigenvalue weighted by Crippen LogP contribution is -2.17. The summed E-state index contributed by atoms with van der Waals surface area (Å²) in [6.45, 7) is 1.96. The molecule has 6 heteroatoms. The van der Waals surface area contributed by atoms with Crippen LogP contribution in [0.2, 0.25) is 0 Å². The van der Waals surface area contributed by atoms with Crippen LogP contribution in [-0.2, 0) is 0 Å². The van der Waals surface area contributed by atoms with Gasteiger partial charge in [0.15, 0.2) is 0 Å². The third kappa shape index (κ3) is 3.91. The van der Waals surface area contributed by atoms with Gasteiger partial charge in [0.2, 0.25) is 0 Å². The van der Waals surface area contributed by atoms with Gasteiger partial charge in [0.1, 0.15) is 17.3 Å². The Kier molecular flexibility index (Phi) is 4.91. The van der Waals surface area contributed by atoms with Crippen LogP contribution in [0, 0.1) is 18.6 Å². The Morgan fingerprint density at radius 2 is 1.62 bits per heavy atom. The lowest BCUT2D eigenvalue weighted by Gasteiger charge is -2.09. The van der Waals surface area contributed by atoms with Crippen LogP contribution < -0.4 is 5.32 Å². The number of hydrogen-bond donors (Lipinski definition) is 1. The highest BCUT2D eigenvalue weighted by atomic mass is 19.1. The van der Waals surface area contributed by atoms with Gasteiger partial charge in [0.25, 0.3) is 5.91 Å². The molecular formula is C23H17F2N3O. The van der Waals surface area contributed by atoms with E-state index in [1.165, 1.54) is 41.1 Å². The molecule has 0 fully saturated rings. The summed E-state index contributed by atoms with van der Waals surface area (Å²) in [6.07, 6.45) is 0. The van der Waals surface area contributed by atoms with Crippen molar-refractivity contribution in [3.8, 4) is 16.9 Å². The predicted octanol–water partition coefficient (Wildman–Crippen LogP) is 5.38. The molecule has 4 rings (SSSR count). The highest BCUT2D eigenvalue weighted by Crippen LogP contribution is 2.25. The van der Waals surface area contributed by atoms with E-state index in [0.29, 0.717) is 22.6 Å². The topological polar surface area (TPSA) is 46.9 Å². The number of nitrogens with one attached hydrogen (secondary N) is 1. The molecule has 1 heterocycles. The minimum atomic E-state index is -0.438. The fourth-order valence-corrected chi connectivity index (χ4v) is 2.95. The molecule has 0 saturated carbocycles. The molecule has 144 valence electrons. The number of amides is 1. The minimum absolute atomic E-state index is 0.233. The average molecular weight is 389 g/mol. The molecule has 1 N–H and O–H groups in total. The van der Waals surface area contributed by atoms with Crippen molar-refractivity contribution in [2.45, 2.75) is 6.92 Å². The van der Waals surface area contributed by atoms with E-state index >= 15 is 0 Å². The van der Waals surface area contributed by atoms with Gasteiger partial charge < -0.3 is 5.32 Å². The number of carbonyl (C=O) groups is 1. The number of hydrogen-bond acceptors (Lipinski definition) is 2. The minimum Gasteiger partial charge on any atom is -0.321 e. The summed E-state index contributed by atoms with van der Waals surface area (Å²) in [6, 6.07) is 20.7. The number of halogens is 2. The first-order valence-corrected chi connectivity index (χ1v) is 9.00. The van der Waals surface area contributed by atoms with E-state index in [2.05, 4.69) is 10.4 Å². The van der Waals surface area contributed by atoms with Gasteiger partial charge in [0.05, 0.1) is 11.4 Å². The summed E-state index contributed by atoms with van der Waals surface area (Å²) in [5, 5.41) is 7.20. The van der Waals surface area contributed by atoms with Gasteiger partial charge in [0, 0.05) is 11.3 Å². The molecule has 3 aromatic carbocycles. The molecule has 0 unspecified atom stereocenters. The molecule has 0 aliphatic heterocycles. The molecule has 0 aliphatic carbocycles. The fraction of sp³-hybridized carbons (Fsp3) is 0.0435. The Bertz CT molecular complexity index is 1170. The van der Waals surface area contributed by atoms with Crippen molar-refractivity contribution >= 4 is 11.6 Å². The van der Waals surface area contributed by atoms with E-state index in [-0.39, 0.29) is 5.69 Å². The maximum absolute atomic E-state index is 14.3. The number of carbonyl (C=O) groups excluding carboxylic acids is 1. The Morgan fingerprint density at radius 3 is 2.31 bits per heavy atom. The number of aryl methyl sites for hydroxylation is 1. The second-order valence-corrected chi connectivity index (χ2v) is 6.60. The second-order valence-electron chi connectivity index (χ2n) is 6.60. The van der Waals surface area contributed by atoms with Gasteiger partial charge in [-0.15, -0.1) is 0 Å². The van der Waals surface area contributed by atoms with Crippen LogP contribution in [0.25, 0.3) is 16.9 Å². The van der Waals surface area contributed by atoms with Gasteiger partial charge in [-0.2, -0.15) is 5.10 Å². The summed E-state index contributed by atoms with van der Waals surface area (Å²) in [5.41, 5.74) is 3.05. The Hall–Kier alpha value is -3.80. The molecule has 0 bridgehead atoms. The normalized spacial score (nSPS) is 10.7. The van der Waals surface area contributed by atoms with Crippen molar-refractivity contribution in [1.82, 2.24) is 9.78 Å². The molecule has 0 atom stereocenters. The lowest BCUT2D eigenvalue weighted by atomic mass is 10.1. The molecular weight excluding hydrogens is 372 g/mol. The van der Waals surface area contributed by atoms with Crippen LogP contribution in [0.3, 0.4) is 0 Å². The second kappa shape index (κ2) is 7.67. The number of benzene rings is 3. The molecule has 1 amide bonds. The quantitative estimate of drug-likeness (QED) is 0.509. The first-order chi connectivity index (χ1) is 14.0. The molecule has 4 aromatic rings. The predicted molar refractivity (Wildman–Crippen MR) is 108 cm³/mol. The van der Waals surface area contributed by atoms with E-state index in [9.17, 15) is 13.6 Å². The summed E-state index contributed by atoms with van der Waals surface area (Å²) >= 11 is 0. The van der Waals surface area contributed by atoms with E-state index in [0.717, 1.165) is 5.56 Å². The van der Waals surface area contributed by atoms with Crippen molar-refractivity contribution in [3.05, 3.63) is 102 Å². The monoisotopic (exact) mass is 389 g/mol. The zero-order valence-corrected chi connectivity index (χ0v) is 15.6. The largest absolute Gasteiger partial charge is 0.321 e. The van der Waals surface area contributed by atoms with Crippen molar-refractivity contribution < 1.29 is 13.6 Å². The molecule has 29 heavy (non-hydrogen) atoms. The fourth-order valence-electron chi connectivity index (χ4n) is 2.95. The van der Waals surface area contributed by atoms with Crippen LogP contribution in [-0.4, -0.2) is 15.7 Å². The first-order valence-electron chi connectivity index (χ1n) is 9.00. The van der Waals surface area contributed by atoms with Crippen molar-refractivity contribution in [1.29, 1.82) is 0 Å². The third-order valence-electron chi connectivity index (χ3n) is 4.47. The summed E-state index contributed by atoms with van der Waals surface area (Å²) in [4.78, 5) is 12.9. The molecule has 0 spiro atoms. The van der Waals surface area contributed by atoms with Crippen molar-refractivity contribution in [2.75, 3.05) is 5.32 Å². The zero-order chi connectivity index (χ0) is 20.4. The van der Waals surface area contributed by atoms with E-state index in [4.69, 9.17) is 0 Å². The van der Waals surface area contributed by atoms with Gasteiger partial charge >= 0.3 is 0 Å². The standard InChI is InChI=1S/C23H17F2N3O/c1-15-6-12-18(13-7-15)28-22(23(29)26-17-10-8-16(24)9-11-17)14-21(27-28)19-4-2-3-5-20(19)25/h2-14H,1H3,(H,26,29). The number of anilines is 1. The van der Waals surface area contributed by atoms with Gasteiger partial charge in [-0.25, -0.2) is 13.5 Å². The summed E-state index contributed by atoms with van der Waals surface area (Å²) < 4.78 is 28.9. The van der Waals surface area contributed by atoms with E-state index in [1.54, 1.807) is 18.2 Å². The van der Waals surface area contributed by atoms with Crippen molar-refractivity contribution in [3.63, 3.8) is 0 Å². The third-order valence-corrected chi connectivity index (χ3v) is 4.47. The highest BCUT2D eigenvalue weighted by molar-refractivity contribution is 6.04. The zero-order valence-electron chi connectivity index (χ0n) is 15.6. The van der Waals surface area contributed by atoms with E-state index < -0.39 is 17.5 Å². The molecule has 0 radical (unpaired) electrons. The first kappa shape index (κ1) is 18.6. The Morgan fingerprint density at radius 1 is 0.931 bits per heavy atom.